The van der Waals surface area contributed by atoms with Crippen LogP contribution < -0.4 is 19.6 Å². The van der Waals surface area contributed by atoms with Gasteiger partial charge in [-0.15, -0.1) is 0 Å². The van der Waals surface area contributed by atoms with Crippen molar-refractivity contribution in [3.05, 3.63) is 59.8 Å². The second kappa shape index (κ2) is 9.41. The van der Waals surface area contributed by atoms with Gasteiger partial charge in [0.05, 0.1) is 32.7 Å². The van der Waals surface area contributed by atoms with Gasteiger partial charge < -0.3 is 14.2 Å². The maximum Gasteiger partial charge on any atom is 0.289 e. The van der Waals surface area contributed by atoms with Crippen LogP contribution in [-0.4, -0.2) is 43.1 Å². The van der Waals surface area contributed by atoms with Gasteiger partial charge in [-0.2, -0.15) is 10.2 Å². The fourth-order valence-electron chi connectivity index (χ4n) is 2.62. The van der Waals surface area contributed by atoms with Crippen LogP contribution in [0.25, 0.3) is 11.3 Å². The van der Waals surface area contributed by atoms with Crippen LogP contribution in [-0.2, 0) is 0 Å². The number of hydrogen-bond acceptors (Lipinski definition) is 6. The normalized spacial score (nSPS) is 10.7. The highest BCUT2D eigenvalue weighted by atomic mass is 16.5. The summed E-state index contributed by atoms with van der Waals surface area (Å²) in [5.74, 6) is 1.59. The van der Waals surface area contributed by atoms with Gasteiger partial charge in [0.2, 0.25) is 0 Å². The van der Waals surface area contributed by atoms with Gasteiger partial charge in [-0.3, -0.25) is 9.89 Å². The van der Waals surface area contributed by atoms with E-state index >= 15 is 0 Å². The quantitative estimate of drug-likeness (QED) is 0.451. The highest BCUT2D eigenvalue weighted by Crippen LogP contribution is 2.31. The van der Waals surface area contributed by atoms with Crippen LogP contribution in [0.2, 0.25) is 0 Å². The molecule has 1 amide bonds. The summed E-state index contributed by atoms with van der Waals surface area (Å²) < 4.78 is 15.9. The molecule has 3 aromatic rings. The molecule has 0 aliphatic rings. The SMILES string of the molecule is CCOc1ccc(/C=N/NC(=O)c2cc(-c3ccc(OC)c(OC)c3)n[nH]2)cc1. The summed E-state index contributed by atoms with van der Waals surface area (Å²) in [6.45, 7) is 2.54. The highest BCUT2D eigenvalue weighted by Gasteiger charge is 2.12. The summed E-state index contributed by atoms with van der Waals surface area (Å²) in [7, 11) is 3.13. The Balaban J connectivity index is 1.65. The lowest BCUT2D eigenvalue weighted by atomic mass is 10.1. The fourth-order valence-corrected chi connectivity index (χ4v) is 2.62. The van der Waals surface area contributed by atoms with Gasteiger partial charge in [0.1, 0.15) is 11.4 Å². The number of amides is 1. The van der Waals surface area contributed by atoms with E-state index in [1.807, 2.05) is 37.3 Å². The largest absolute Gasteiger partial charge is 0.494 e. The zero-order valence-corrected chi connectivity index (χ0v) is 16.4. The van der Waals surface area contributed by atoms with Crippen LogP contribution in [0.3, 0.4) is 0 Å². The molecule has 0 bridgehead atoms. The maximum atomic E-state index is 12.3. The van der Waals surface area contributed by atoms with Gasteiger partial charge in [-0.05, 0) is 61.0 Å². The molecule has 8 heteroatoms. The number of H-pyrrole nitrogens is 1. The molecule has 2 aromatic carbocycles. The summed E-state index contributed by atoms with van der Waals surface area (Å²) in [5, 5.41) is 10.9. The summed E-state index contributed by atoms with van der Waals surface area (Å²) in [5.41, 5.74) is 5.00. The van der Waals surface area contributed by atoms with Crippen LogP contribution in [0.15, 0.2) is 53.6 Å². The third-order valence-corrected chi connectivity index (χ3v) is 4.07. The molecule has 1 heterocycles. The summed E-state index contributed by atoms with van der Waals surface area (Å²) in [6.07, 6.45) is 1.55. The second-order valence-electron chi connectivity index (χ2n) is 5.94. The van der Waals surface area contributed by atoms with E-state index < -0.39 is 5.91 Å². The van der Waals surface area contributed by atoms with Crippen molar-refractivity contribution in [2.75, 3.05) is 20.8 Å². The van der Waals surface area contributed by atoms with E-state index in [4.69, 9.17) is 14.2 Å². The maximum absolute atomic E-state index is 12.3. The first-order chi connectivity index (χ1) is 14.1. The Bertz CT molecular complexity index is 996. The molecule has 8 nitrogen and oxygen atoms in total. The van der Waals surface area contributed by atoms with Crippen LogP contribution in [0.4, 0.5) is 0 Å². The van der Waals surface area contributed by atoms with Crippen molar-refractivity contribution in [2.24, 2.45) is 5.10 Å². The smallest absolute Gasteiger partial charge is 0.289 e. The van der Waals surface area contributed by atoms with Crippen LogP contribution >= 0.6 is 0 Å². The Morgan fingerprint density at radius 3 is 2.55 bits per heavy atom. The Morgan fingerprint density at radius 2 is 1.86 bits per heavy atom. The van der Waals surface area contributed by atoms with Crippen molar-refractivity contribution in [1.29, 1.82) is 0 Å². The minimum Gasteiger partial charge on any atom is -0.494 e. The average molecular weight is 394 g/mol. The number of nitrogens with one attached hydrogen (secondary N) is 2. The van der Waals surface area contributed by atoms with Gasteiger partial charge in [0.25, 0.3) is 5.91 Å². The standard InChI is InChI=1S/C21H22N4O4/c1-4-29-16-8-5-14(6-9-16)13-22-25-21(26)18-12-17(23-24-18)15-7-10-19(27-2)20(11-15)28-3/h5-13H,4H2,1-3H3,(H,23,24)(H,25,26)/b22-13+. The average Bonchev–Trinajstić information content (AvgIpc) is 3.25. The molecular weight excluding hydrogens is 372 g/mol. The van der Waals surface area contributed by atoms with Gasteiger partial charge >= 0.3 is 0 Å². The minimum absolute atomic E-state index is 0.290. The third-order valence-electron chi connectivity index (χ3n) is 4.07. The van der Waals surface area contributed by atoms with Gasteiger partial charge in [0, 0.05) is 5.56 Å². The molecule has 1 aromatic heterocycles. The molecule has 0 saturated carbocycles. The predicted octanol–water partition coefficient (Wildman–Crippen LogP) is 3.26. The van der Waals surface area contributed by atoms with Crippen molar-refractivity contribution in [2.45, 2.75) is 6.92 Å². The molecule has 0 atom stereocenters. The van der Waals surface area contributed by atoms with E-state index in [2.05, 4.69) is 20.7 Å². The number of carbonyl (C=O) groups excluding carboxylic acids is 1. The number of benzene rings is 2. The number of hydrazone groups is 1. The molecule has 3 rings (SSSR count). The summed E-state index contributed by atoms with van der Waals surface area (Å²) >= 11 is 0. The third kappa shape index (κ3) is 4.92. The molecule has 0 spiro atoms. The first-order valence-electron chi connectivity index (χ1n) is 8.98. The van der Waals surface area contributed by atoms with E-state index in [-0.39, 0.29) is 0 Å². The van der Waals surface area contributed by atoms with Gasteiger partial charge in [-0.1, -0.05) is 0 Å². The molecule has 0 radical (unpaired) electrons. The molecule has 29 heavy (non-hydrogen) atoms. The molecule has 0 fully saturated rings. The number of methoxy groups -OCH3 is 2. The number of aromatic nitrogens is 2. The second-order valence-corrected chi connectivity index (χ2v) is 5.94. The van der Waals surface area contributed by atoms with Crippen molar-refractivity contribution in [1.82, 2.24) is 15.6 Å². The topological polar surface area (TPSA) is 97.8 Å². The fraction of sp³-hybridized carbons (Fsp3) is 0.190. The number of rotatable bonds is 8. The molecule has 2 N–H and O–H groups in total. The first kappa shape index (κ1) is 19.9. The van der Waals surface area contributed by atoms with Crippen LogP contribution in [0, 0.1) is 0 Å². The van der Waals surface area contributed by atoms with E-state index in [0.29, 0.717) is 29.5 Å². The molecule has 0 aliphatic carbocycles. The van der Waals surface area contributed by atoms with E-state index in [0.717, 1.165) is 16.9 Å². The summed E-state index contributed by atoms with van der Waals surface area (Å²) in [4.78, 5) is 12.3. The number of hydrogen-bond donors (Lipinski definition) is 2. The zero-order chi connectivity index (χ0) is 20.6. The van der Waals surface area contributed by atoms with Crippen molar-refractivity contribution in [3.63, 3.8) is 0 Å². The lowest BCUT2D eigenvalue weighted by Crippen LogP contribution is -2.17. The minimum atomic E-state index is -0.397. The van der Waals surface area contributed by atoms with Gasteiger partial charge in [-0.25, -0.2) is 5.43 Å². The zero-order valence-electron chi connectivity index (χ0n) is 16.4. The van der Waals surface area contributed by atoms with Crippen molar-refractivity contribution >= 4 is 12.1 Å². The first-order valence-corrected chi connectivity index (χ1v) is 8.98. The van der Waals surface area contributed by atoms with E-state index in [1.54, 1.807) is 38.6 Å². The van der Waals surface area contributed by atoms with Gasteiger partial charge in [0.15, 0.2) is 11.5 Å². The number of aromatic amines is 1. The molecule has 150 valence electrons. The monoisotopic (exact) mass is 394 g/mol. The van der Waals surface area contributed by atoms with E-state index in [1.165, 1.54) is 0 Å². The lowest BCUT2D eigenvalue weighted by molar-refractivity contribution is 0.0950. The number of nitrogens with zero attached hydrogens (tertiary/aromatic N) is 2. The Morgan fingerprint density at radius 1 is 1.10 bits per heavy atom. The van der Waals surface area contributed by atoms with Crippen LogP contribution in [0.5, 0.6) is 17.2 Å². The highest BCUT2D eigenvalue weighted by molar-refractivity contribution is 5.94. The number of ether oxygens (including phenoxy) is 3. The molecular formula is C21H22N4O4. The lowest BCUT2D eigenvalue weighted by Gasteiger charge is -2.08. The Kier molecular flexibility index (Phi) is 6.47. The van der Waals surface area contributed by atoms with Crippen LogP contribution in [0.1, 0.15) is 23.0 Å². The predicted molar refractivity (Wildman–Crippen MR) is 110 cm³/mol. The number of carbonyl (C=O) groups is 1. The summed E-state index contributed by atoms with van der Waals surface area (Å²) in [6, 6.07) is 14.4. The van der Waals surface area contributed by atoms with E-state index in [9.17, 15) is 4.79 Å². The van der Waals surface area contributed by atoms with Crippen molar-refractivity contribution < 1.29 is 19.0 Å². The Hall–Kier alpha value is -3.81. The molecule has 0 unspecified atom stereocenters. The Labute approximate surface area is 168 Å². The van der Waals surface area contributed by atoms with Crippen molar-refractivity contribution in [3.8, 4) is 28.5 Å². The molecule has 0 saturated heterocycles. The molecule has 0 aliphatic heterocycles.